The number of ether oxygens (including phenoxy) is 1. The van der Waals surface area contributed by atoms with Crippen LogP contribution in [0.4, 0.5) is 8.78 Å². The van der Waals surface area contributed by atoms with Crippen molar-refractivity contribution in [1.29, 1.82) is 0 Å². The Kier molecular flexibility index (Phi) is 6.09. The molecule has 0 amide bonds. The smallest absolute Gasteiger partial charge is 0.316 e. The van der Waals surface area contributed by atoms with E-state index in [1.807, 2.05) is 28.8 Å². The third-order valence-corrected chi connectivity index (χ3v) is 5.49. The molecular weight excluding hydrogens is 406 g/mol. The molecule has 3 aromatic carbocycles. The summed E-state index contributed by atoms with van der Waals surface area (Å²) in [5.41, 5.74) is 2.98. The van der Waals surface area contributed by atoms with Crippen molar-refractivity contribution in [2.45, 2.75) is 18.3 Å². The molecule has 0 spiro atoms. The van der Waals surface area contributed by atoms with Crippen LogP contribution in [0.25, 0.3) is 11.0 Å². The standard InChI is InChI=1S/C23H18F2N2O2S/c24-18-11-9-16(10-12-18)13-27-21-8-4-3-7-20(21)26-23(27)30-15-22(28)29-14-17-5-1-2-6-19(17)25/h1-12H,13-15H2. The summed E-state index contributed by atoms with van der Waals surface area (Å²) < 4.78 is 34.1. The lowest BCUT2D eigenvalue weighted by atomic mass is 10.2. The van der Waals surface area contributed by atoms with E-state index in [2.05, 4.69) is 4.98 Å². The number of aromatic nitrogens is 2. The summed E-state index contributed by atoms with van der Waals surface area (Å²) in [7, 11) is 0. The lowest BCUT2D eigenvalue weighted by molar-refractivity contribution is -0.141. The zero-order valence-electron chi connectivity index (χ0n) is 15.9. The highest BCUT2D eigenvalue weighted by molar-refractivity contribution is 7.99. The number of hydrogen-bond donors (Lipinski definition) is 0. The van der Waals surface area contributed by atoms with Gasteiger partial charge in [-0.05, 0) is 35.9 Å². The van der Waals surface area contributed by atoms with E-state index in [0.717, 1.165) is 16.6 Å². The second-order valence-electron chi connectivity index (χ2n) is 6.64. The number of para-hydroxylation sites is 2. The molecule has 1 heterocycles. The van der Waals surface area contributed by atoms with E-state index in [1.165, 1.54) is 30.0 Å². The van der Waals surface area contributed by atoms with Gasteiger partial charge in [-0.15, -0.1) is 0 Å². The minimum atomic E-state index is -0.455. The first-order valence-electron chi connectivity index (χ1n) is 9.32. The molecule has 0 saturated carbocycles. The maximum absolute atomic E-state index is 13.7. The van der Waals surface area contributed by atoms with E-state index in [-0.39, 0.29) is 18.2 Å². The van der Waals surface area contributed by atoms with Crippen molar-refractivity contribution >= 4 is 28.8 Å². The first-order chi connectivity index (χ1) is 14.6. The third kappa shape index (κ3) is 4.68. The topological polar surface area (TPSA) is 44.1 Å². The zero-order valence-corrected chi connectivity index (χ0v) is 16.7. The van der Waals surface area contributed by atoms with Crippen molar-refractivity contribution in [3.8, 4) is 0 Å². The van der Waals surface area contributed by atoms with E-state index in [4.69, 9.17) is 4.74 Å². The van der Waals surface area contributed by atoms with Gasteiger partial charge in [0.05, 0.1) is 23.3 Å². The number of halogens is 2. The third-order valence-electron chi connectivity index (χ3n) is 4.54. The normalized spacial score (nSPS) is 11.0. The van der Waals surface area contributed by atoms with Gasteiger partial charge >= 0.3 is 5.97 Å². The number of nitrogens with zero attached hydrogens (tertiary/aromatic N) is 2. The number of carbonyl (C=O) groups is 1. The van der Waals surface area contributed by atoms with E-state index < -0.39 is 11.8 Å². The molecule has 0 N–H and O–H groups in total. The molecular formula is C23H18F2N2O2S. The predicted octanol–water partition coefficient (Wildman–Crippen LogP) is 5.20. The summed E-state index contributed by atoms with van der Waals surface area (Å²) in [6.07, 6.45) is 0. The molecule has 4 aromatic rings. The van der Waals surface area contributed by atoms with Crippen molar-refractivity contribution in [2.75, 3.05) is 5.75 Å². The minimum Gasteiger partial charge on any atom is -0.460 e. The van der Waals surface area contributed by atoms with Crippen molar-refractivity contribution in [1.82, 2.24) is 9.55 Å². The molecule has 0 atom stereocenters. The van der Waals surface area contributed by atoms with Crippen LogP contribution in [0, 0.1) is 11.6 Å². The Morgan fingerprint density at radius 3 is 2.50 bits per heavy atom. The first kappa shape index (κ1) is 20.1. The quantitative estimate of drug-likeness (QED) is 0.302. The zero-order chi connectivity index (χ0) is 20.9. The lowest BCUT2D eigenvalue weighted by Crippen LogP contribution is -2.09. The molecule has 30 heavy (non-hydrogen) atoms. The molecule has 0 bridgehead atoms. The monoisotopic (exact) mass is 424 g/mol. The second-order valence-corrected chi connectivity index (χ2v) is 7.58. The fraction of sp³-hybridized carbons (Fsp3) is 0.130. The maximum Gasteiger partial charge on any atom is 0.316 e. The number of fused-ring (bicyclic) bond motifs is 1. The summed E-state index contributed by atoms with van der Waals surface area (Å²) in [5.74, 6) is -1.11. The van der Waals surface area contributed by atoms with Crippen LogP contribution < -0.4 is 0 Å². The van der Waals surface area contributed by atoms with Gasteiger partial charge in [-0.1, -0.05) is 54.2 Å². The van der Waals surface area contributed by atoms with E-state index in [1.54, 1.807) is 30.3 Å². The molecule has 0 aliphatic rings. The van der Waals surface area contributed by atoms with Gasteiger partial charge in [0.25, 0.3) is 0 Å². The Labute approximate surface area is 176 Å². The van der Waals surface area contributed by atoms with Crippen LogP contribution in [0.2, 0.25) is 0 Å². The van der Waals surface area contributed by atoms with E-state index in [9.17, 15) is 13.6 Å². The van der Waals surface area contributed by atoms with Crippen LogP contribution in [-0.4, -0.2) is 21.3 Å². The predicted molar refractivity (Wildman–Crippen MR) is 112 cm³/mol. The Balaban J connectivity index is 1.47. The first-order valence-corrected chi connectivity index (χ1v) is 10.3. The molecule has 7 heteroatoms. The summed E-state index contributed by atoms with van der Waals surface area (Å²) in [6, 6.07) is 20.1. The van der Waals surface area contributed by atoms with Crippen molar-refractivity contribution < 1.29 is 18.3 Å². The Hall–Kier alpha value is -3.19. The van der Waals surface area contributed by atoms with Crippen LogP contribution in [0.5, 0.6) is 0 Å². The molecule has 0 aliphatic carbocycles. The number of esters is 1. The van der Waals surface area contributed by atoms with Gasteiger partial charge in [0.1, 0.15) is 18.2 Å². The second kappa shape index (κ2) is 9.09. The fourth-order valence-corrected chi connectivity index (χ4v) is 3.84. The highest BCUT2D eigenvalue weighted by Gasteiger charge is 2.14. The van der Waals surface area contributed by atoms with Gasteiger partial charge in [-0.3, -0.25) is 4.79 Å². The Bertz CT molecular complexity index is 1180. The molecule has 0 aliphatic heterocycles. The lowest BCUT2D eigenvalue weighted by Gasteiger charge is -2.09. The summed E-state index contributed by atoms with van der Waals surface area (Å²) in [4.78, 5) is 16.8. The molecule has 4 rings (SSSR count). The van der Waals surface area contributed by atoms with Crippen molar-refractivity contribution in [3.63, 3.8) is 0 Å². The van der Waals surface area contributed by atoms with Gasteiger partial charge in [0, 0.05) is 5.56 Å². The van der Waals surface area contributed by atoms with Crippen molar-refractivity contribution in [2.24, 2.45) is 0 Å². The molecule has 1 aromatic heterocycles. The van der Waals surface area contributed by atoms with Gasteiger partial charge < -0.3 is 9.30 Å². The van der Waals surface area contributed by atoms with Crippen LogP contribution >= 0.6 is 11.8 Å². The van der Waals surface area contributed by atoms with Gasteiger partial charge in [0.15, 0.2) is 5.16 Å². The highest BCUT2D eigenvalue weighted by Crippen LogP contribution is 2.25. The van der Waals surface area contributed by atoms with Gasteiger partial charge in [-0.25, -0.2) is 13.8 Å². The minimum absolute atomic E-state index is 0.0428. The van der Waals surface area contributed by atoms with E-state index in [0.29, 0.717) is 17.3 Å². The number of thioether (sulfide) groups is 1. The SMILES string of the molecule is O=C(CSc1nc2ccccc2n1Cc1ccc(F)cc1)OCc1ccccc1F. The number of imidazole rings is 1. The number of benzene rings is 3. The Morgan fingerprint density at radius 1 is 0.967 bits per heavy atom. The molecule has 0 radical (unpaired) electrons. The molecule has 152 valence electrons. The average molecular weight is 424 g/mol. The molecule has 0 unspecified atom stereocenters. The summed E-state index contributed by atoms with van der Waals surface area (Å²) in [5, 5.41) is 0.656. The number of carbonyl (C=O) groups excluding carboxylic acids is 1. The van der Waals surface area contributed by atoms with Crippen LogP contribution in [0.1, 0.15) is 11.1 Å². The number of hydrogen-bond acceptors (Lipinski definition) is 4. The van der Waals surface area contributed by atoms with Gasteiger partial charge in [-0.2, -0.15) is 0 Å². The van der Waals surface area contributed by atoms with Crippen molar-refractivity contribution in [3.05, 3.63) is 95.6 Å². The summed E-state index contributed by atoms with van der Waals surface area (Å²) in [6.45, 7) is 0.380. The van der Waals surface area contributed by atoms with Gasteiger partial charge in [0.2, 0.25) is 0 Å². The van der Waals surface area contributed by atoms with Crippen LogP contribution in [-0.2, 0) is 22.7 Å². The summed E-state index contributed by atoms with van der Waals surface area (Å²) >= 11 is 1.25. The molecule has 4 nitrogen and oxygen atoms in total. The maximum atomic E-state index is 13.7. The van der Waals surface area contributed by atoms with Crippen LogP contribution in [0.3, 0.4) is 0 Å². The van der Waals surface area contributed by atoms with E-state index >= 15 is 0 Å². The Morgan fingerprint density at radius 2 is 1.70 bits per heavy atom. The average Bonchev–Trinajstić information content (AvgIpc) is 3.10. The number of rotatable bonds is 7. The fourth-order valence-electron chi connectivity index (χ4n) is 3.03. The highest BCUT2D eigenvalue weighted by atomic mass is 32.2. The molecule has 0 saturated heterocycles. The molecule has 0 fully saturated rings. The largest absolute Gasteiger partial charge is 0.460 e. The van der Waals surface area contributed by atoms with Crippen LogP contribution in [0.15, 0.2) is 78.0 Å².